The Morgan fingerprint density at radius 1 is 1.11 bits per heavy atom. The van der Waals surface area contributed by atoms with Crippen molar-refractivity contribution in [3.05, 3.63) is 35.4 Å². The molecule has 1 saturated heterocycles. The standard InChI is InChI=1S/C22H32N2O3/c1-3-16-9-11-17(12-10-16)14-24-15-19(13-20(24)22(26)27-2)23-21(25)18-7-5-4-6-8-18/h9-12,18-20H,3-8,13-15H2,1-2H3,(H,23,25)/t19-,20-/m0/s1. The van der Waals surface area contributed by atoms with Gasteiger partial charge in [0.25, 0.3) is 0 Å². The lowest BCUT2D eigenvalue weighted by molar-refractivity contribution is -0.146. The van der Waals surface area contributed by atoms with Crippen LogP contribution in [0.1, 0.15) is 56.6 Å². The van der Waals surface area contributed by atoms with Gasteiger partial charge in [0.1, 0.15) is 6.04 Å². The highest BCUT2D eigenvalue weighted by Gasteiger charge is 2.38. The maximum Gasteiger partial charge on any atom is 0.323 e. The fourth-order valence-corrected chi connectivity index (χ4v) is 4.36. The van der Waals surface area contributed by atoms with Gasteiger partial charge in [0.2, 0.25) is 5.91 Å². The van der Waals surface area contributed by atoms with Gasteiger partial charge in [-0.3, -0.25) is 14.5 Å². The van der Waals surface area contributed by atoms with Gasteiger partial charge in [-0.25, -0.2) is 0 Å². The highest BCUT2D eigenvalue weighted by atomic mass is 16.5. The third-order valence-electron chi connectivity index (χ3n) is 6.02. The maximum atomic E-state index is 12.6. The Morgan fingerprint density at radius 2 is 1.78 bits per heavy atom. The number of aryl methyl sites for hydroxylation is 1. The van der Waals surface area contributed by atoms with Crippen LogP contribution in [-0.2, 0) is 27.3 Å². The lowest BCUT2D eigenvalue weighted by atomic mass is 9.88. The number of benzene rings is 1. The van der Waals surface area contributed by atoms with Gasteiger partial charge in [-0.2, -0.15) is 0 Å². The Kier molecular flexibility index (Phi) is 6.89. The molecule has 1 aliphatic carbocycles. The number of amides is 1. The summed E-state index contributed by atoms with van der Waals surface area (Å²) in [4.78, 5) is 27.0. The van der Waals surface area contributed by atoms with Crippen LogP contribution in [0.4, 0.5) is 0 Å². The smallest absolute Gasteiger partial charge is 0.323 e. The minimum atomic E-state index is -0.294. The summed E-state index contributed by atoms with van der Waals surface area (Å²) in [7, 11) is 1.44. The molecule has 1 aliphatic heterocycles. The number of esters is 1. The van der Waals surface area contributed by atoms with Crippen molar-refractivity contribution in [2.24, 2.45) is 5.92 Å². The molecule has 1 N–H and O–H groups in total. The first kappa shape index (κ1) is 19.9. The summed E-state index contributed by atoms with van der Waals surface area (Å²) in [6.07, 6.45) is 7.16. The normalized spacial score (nSPS) is 23.9. The monoisotopic (exact) mass is 372 g/mol. The predicted molar refractivity (Wildman–Crippen MR) is 105 cm³/mol. The van der Waals surface area contributed by atoms with E-state index in [9.17, 15) is 9.59 Å². The molecule has 2 fully saturated rings. The molecule has 1 amide bonds. The van der Waals surface area contributed by atoms with Gasteiger partial charge >= 0.3 is 5.97 Å². The van der Waals surface area contributed by atoms with Crippen LogP contribution in [0.3, 0.4) is 0 Å². The van der Waals surface area contributed by atoms with E-state index in [1.54, 1.807) is 0 Å². The van der Waals surface area contributed by atoms with Gasteiger partial charge in [0.15, 0.2) is 0 Å². The number of carbonyl (C=O) groups is 2. The Morgan fingerprint density at radius 3 is 2.41 bits per heavy atom. The minimum Gasteiger partial charge on any atom is -0.468 e. The lowest BCUT2D eigenvalue weighted by Crippen LogP contribution is -2.41. The maximum absolute atomic E-state index is 12.6. The Labute approximate surface area is 162 Å². The molecule has 3 rings (SSSR count). The second kappa shape index (κ2) is 9.36. The Hall–Kier alpha value is -1.88. The zero-order chi connectivity index (χ0) is 19.2. The molecule has 2 aliphatic rings. The summed E-state index contributed by atoms with van der Waals surface area (Å²) in [5.74, 6) is 0.0954. The summed E-state index contributed by atoms with van der Waals surface area (Å²) in [5.41, 5.74) is 2.49. The highest BCUT2D eigenvalue weighted by Crippen LogP contribution is 2.26. The number of likely N-dealkylation sites (tertiary alicyclic amines) is 1. The Bertz CT molecular complexity index is 637. The van der Waals surface area contributed by atoms with Crippen molar-refractivity contribution in [3.63, 3.8) is 0 Å². The topological polar surface area (TPSA) is 58.6 Å². The summed E-state index contributed by atoms with van der Waals surface area (Å²) in [6, 6.07) is 8.25. The van der Waals surface area contributed by atoms with E-state index in [4.69, 9.17) is 4.74 Å². The van der Waals surface area contributed by atoms with Crippen LogP contribution in [0, 0.1) is 5.92 Å². The lowest BCUT2D eigenvalue weighted by Gasteiger charge is -2.23. The molecule has 148 valence electrons. The summed E-state index contributed by atoms with van der Waals surface area (Å²) in [5, 5.41) is 3.20. The molecule has 0 spiro atoms. The van der Waals surface area contributed by atoms with E-state index in [1.807, 2.05) is 0 Å². The van der Waals surface area contributed by atoms with Gasteiger partial charge in [0, 0.05) is 25.0 Å². The van der Waals surface area contributed by atoms with Crippen molar-refractivity contribution < 1.29 is 14.3 Å². The molecule has 1 aromatic carbocycles. The second-order valence-corrected chi connectivity index (χ2v) is 7.91. The van der Waals surface area contributed by atoms with Crippen LogP contribution in [-0.4, -0.2) is 42.5 Å². The Balaban J connectivity index is 1.62. The molecule has 0 radical (unpaired) electrons. The number of ether oxygens (including phenoxy) is 1. The molecular weight excluding hydrogens is 340 g/mol. The molecule has 1 saturated carbocycles. The van der Waals surface area contributed by atoms with Gasteiger partial charge in [0.05, 0.1) is 7.11 Å². The van der Waals surface area contributed by atoms with Crippen molar-refractivity contribution in [1.82, 2.24) is 10.2 Å². The van der Waals surface area contributed by atoms with Crippen LogP contribution < -0.4 is 5.32 Å². The first-order valence-electron chi connectivity index (χ1n) is 10.3. The largest absolute Gasteiger partial charge is 0.468 e. The van der Waals surface area contributed by atoms with Crippen LogP contribution in [0.5, 0.6) is 0 Å². The SMILES string of the molecule is CCc1ccc(CN2C[C@@H](NC(=O)C3CCCCC3)C[C@H]2C(=O)OC)cc1. The number of rotatable bonds is 6. The molecule has 0 bridgehead atoms. The van der Waals surface area contributed by atoms with E-state index in [2.05, 4.69) is 41.4 Å². The first-order valence-corrected chi connectivity index (χ1v) is 10.3. The molecule has 0 unspecified atom stereocenters. The average Bonchev–Trinajstić information content (AvgIpc) is 3.10. The number of hydrogen-bond donors (Lipinski definition) is 1. The fourth-order valence-electron chi connectivity index (χ4n) is 4.36. The first-order chi connectivity index (χ1) is 13.1. The van der Waals surface area contributed by atoms with Crippen LogP contribution >= 0.6 is 0 Å². The zero-order valence-corrected chi connectivity index (χ0v) is 16.6. The van der Waals surface area contributed by atoms with E-state index in [0.717, 1.165) is 32.1 Å². The molecule has 2 atom stereocenters. The molecule has 27 heavy (non-hydrogen) atoms. The molecule has 1 aromatic rings. The quantitative estimate of drug-likeness (QED) is 0.780. The van der Waals surface area contributed by atoms with E-state index in [-0.39, 0.29) is 29.9 Å². The molecule has 5 heteroatoms. The molecule has 0 aromatic heterocycles. The van der Waals surface area contributed by atoms with E-state index in [0.29, 0.717) is 19.5 Å². The minimum absolute atomic E-state index is 0.0124. The second-order valence-electron chi connectivity index (χ2n) is 7.91. The number of carbonyl (C=O) groups excluding carboxylic acids is 2. The van der Waals surface area contributed by atoms with Crippen LogP contribution in [0.15, 0.2) is 24.3 Å². The van der Waals surface area contributed by atoms with E-state index in [1.165, 1.54) is 24.7 Å². The third-order valence-corrected chi connectivity index (χ3v) is 6.02. The van der Waals surface area contributed by atoms with Crippen molar-refractivity contribution >= 4 is 11.9 Å². The van der Waals surface area contributed by atoms with Gasteiger partial charge in [-0.05, 0) is 36.8 Å². The van der Waals surface area contributed by atoms with Gasteiger partial charge in [-0.1, -0.05) is 50.5 Å². The van der Waals surface area contributed by atoms with Crippen molar-refractivity contribution in [2.75, 3.05) is 13.7 Å². The third kappa shape index (κ3) is 5.10. The number of nitrogens with one attached hydrogen (secondary N) is 1. The number of nitrogens with zero attached hydrogens (tertiary/aromatic N) is 1. The molecule has 1 heterocycles. The summed E-state index contributed by atoms with van der Waals surface area (Å²) < 4.78 is 5.01. The van der Waals surface area contributed by atoms with Crippen molar-refractivity contribution in [3.8, 4) is 0 Å². The van der Waals surface area contributed by atoms with E-state index >= 15 is 0 Å². The van der Waals surface area contributed by atoms with E-state index < -0.39 is 0 Å². The van der Waals surface area contributed by atoms with Crippen molar-refractivity contribution in [2.45, 2.75) is 70.5 Å². The average molecular weight is 373 g/mol. The summed E-state index contributed by atoms with van der Waals surface area (Å²) >= 11 is 0. The predicted octanol–water partition coefficient (Wildman–Crippen LogP) is 3.06. The number of methoxy groups -OCH3 is 1. The number of hydrogen-bond acceptors (Lipinski definition) is 4. The summed E-state index contributed by atoms with van der Waals surface area (Å²) in [6.45, 7) is 3.52. The van der Waals surface area contributed by atoms with Gasteiger partial charge < -0.3 is 10.1 Å². The van der Waals surface area contributed by atoms with Crippen LogP contribution in [0.2, 0.25) is 0 Å². The fraction of sp³-hybridized carbons (Fsp3) is 0.636. The van der Waals surface area contributed by atoms with Gasteiger partial charge in [-0.15, -0.1) is 0 Å². The highest BCUT2D eigenvalue weighted by molar-refractivity contribution is 5.80. The zero-order valence-electron chi connectivity index (χ0n) is 16.6. The molecule has 5 nitrogen and oxygen atoms in total. The molecular formula is C22H32N2O3. The van der Waals surface area contributed by atoms with Crippen LogP contribution in [0.25, 0.3) is 0 Å². The van der Waals surface area contributed by atoms with Crippen molar-refractivity contribution in [1.29, 1.82) is 0 Å².